The molecule has 158 valence electrons. The van der Waals surface area contributed by atoms with Gasteiger partial charge in [0.15, 0.2) is 6.61 Å². The number of amides is 2. The van der Waals surface area contributed by atoms with Gasteiger partial charge in [0, 0.05) is 11.3 Å². The lowest BCUT2D eigenvalue weighted by Gasteiger charge is -2.29. The SMILES string of the molecule is Cc1cccc(OCCN2C(=O)COc3ccc(NC(=O)c4cccc(C)c4)cc32)c1. The van der Waals surface area contributed by atoms with E-state index < -0.39 is 0 Å². The minimum absolute atomic E-state index is 0.0214. The van der Waals surface area contributed by atoms with Crippen molar-refractivity contribution in [2.24, 2.45) is 0 Å². The van der Waals surface area contributed by atoms with Crippen molar-refractivity contribution < 1.29 is 19.1 Å². The van der Waals surface area contributed by atoms with Gasteiger partial charge in [-0.25, -0.2) is 0 Å². The first-order valence-electron chi connectivity index (χ1n) is 10.1. The summed E-state index contributed by atoms with van der Waals surface area (Å²) in [7, 11) is 0. The van der Waals surface area contributed by atoms with E-state index in [4.69, 9.17) is 9.47 Å². The quantitative estimate of drug-likeness (QED) is 0.648. The van der Waals surface area contributed by atoms with Crippen LogP contribution in [-0.2, 0) is 4.79 Å². The van der Waals surface area contributed by atoms with Crippen LogP contribution in [0.25, 0.3) is 0 Å². The maximum absolute atomic E-state index is 12.6. The smallest absolute Gasteiger partial charge is 0.265 e. The first kappa shape index (κ1) is 20.5. The highest BCUT2D eigenvalue weighted by Gasteiger charge is 2.26. The molecule has 0 spiro atoms. The van der Waals surface area contributed by atoms with Crippen LogP contribution < -0.4 is 19.7 Å². The van der Waals surface area contributed by atoms with Crippen LogP contribution in [-0.4, -0.2) is 31.6 Å². The highest BCUT2D eigenvalue weighted by atomic mass is 16.5. The van der Waals surface area contributed by atoms with E-state index >= 15 is 0 Å². The van der Waals surface area contributed by atoms with Gasteiger partial charge in [0.1, 0.15) is 18.1 Å². The Morgan fingerprint density at radius 3 is 2.58 bits per heavy atom. The molecular formula is C25H24N2O4. The molecule has 0 radical (unpaired) electrons. The van der Waals surface area contributed by atoms with Crippen LogP contribution in [0.1, 0.15) is 21.5 Å². The molecule has 2 amide bonds. The summed E-state index contributed by atoms with van der Waals surface area (Å²) in [5.74, 6) is 1.01. The van der Waals surface area contributed by atoms with E-state index in [0.717, 1.165) is 16.9 Å². The lowest BCUT2D eigenvalue weighted by Crippen LogP contribution is -2.41. The molecule has 0 bridgehead atoms. The van der Waals surface area contributed by atoms with Gasteiger partial charge in [0.25, 0.3) is 11.8 Å². The summed E-state index contributed by atoms with van der Waals surface area (Å²) < 4.78 is 11.4. The molecule has 0 unspecified atom stereocenters. The van der Waals surface area contributed by atoms with Gasteiger partial charge in [-0.15, -0.1) is 0 Å². The number of hydrogen-bond donors (Lipinski definition) is 1. The lowest BCUT2D eigenvalue weighted by molar-refractivity contribution is -0.121. The third-order valence-corrected chi connectivity index (χ3v) is 5.01. The zero-order valence-electron chi connectivity index (χ0n) is 17.6. The Morgan fingerprint density at radius 2 is 1.81 bits per heavy atom. The van der Waals surface area contributed by atoms with Crippen molar-refractivity contribution in [1.29, 1.82) is 0 Å². The Hall–Kier alpha value is -3.80. The lowest BCUT2D eigenvalue weighted by atomic mass is 10.1. The van der Waals surface area contributed by atoms with Gasteiger partial charge in [-0.05, 0) is 61.9 Å². The van der Waals surface area contributed by atoms with Crippen LogP contribution in [0.15, 0.2) is 66.7 Å². The van der Waals surface area contributed by atoms with Crippen LogP contribution in [0.5, 0.6) is 11.5 Å². The van der Waals surface area contributed by atoms with Gasteiger partial charge >= 0.3 is 0 Å². The Morgan fingerprint density at radius 1 is 1.03 bits per heavy atom. The standard InChI is InChI=1S/C25H24N2O4/c1-17-5-3-7-19(13-17)25(29)26-20-9-10-23-22(15-20)27(24(28)16-31-23)11-12-30-21-8-4-6-18(2)14-21/h3-10,13-15H,11-12,16H2,1-2H3,(H,26,29). The predicted octanol–water partition coefficient (Wildman–Crippen LogP) is 4.36. The van der Waals surface area contributed by atoms with Crippen molar-refractivity contribution in [2.75, 3.05) is 30.0 Å². The van der Waals surface area contributed by atoms with Gasteiger partial charge in [0.05, 0.1) is 12.2 Å². The summed E-state index contributed by atoms with van der Waals surface area (Å²) in [5, 5.41) is 2.90. The zero-order chi connectivity index (χ0) is 21.8. The van der Waals surface area contributed by atoms with Gasteiger partial charge in [-0.2, -0.15) is 0 Å². The van der Waals surface area contributed by atoms with Gasteiger partial charge < -0.3 is 19.7 Å². The maximum atomic E-state index is 12.6. The van der Waals surface area contributed by atoms with Crippen molar-refractivity contribution in [3.63, 3.8) is 0 Å². The minimum atomic E-state index is -0.207. The molecule has 3 aromatic rings. The van der Waals surface area contributed by atoms with E-state index in [1.807, 2.05) is 56.3 Å². The third kappa shape index (κ3) is 4.86. The van der Waals surface area contributed by atoms with Crippen LogP contribution >= 0.6 is 0 Å². The molecule has 6 nitrogen and oxygen atoms in total. The van der Waals surface area contributed by atoms with Crippen LogP contribution in [0.4, 0.5) is 11.4 Å². The number of benzene rings is 3. The first-order valence-corrected chi connectivity index (χ1v) is 10.1. The number of aryl methyl sites for hydroxylation is 2. The van der Waals surface area contributed by atoms with Crippen LogP contribution in [0.2, 0.25) is 0 Å². The molecule has 4 rings (SSSR count). The van der Waals surface area contributed by atoms with Gasteiger partial charge in [-0.1, -0.05) is 29.8 Å². The zero-order valence-corrected chi connectivity index (χ0v) is 17.6. The van der Waals surface area contributed by atoms with E-state index in [2.05, 4.69) is 5.32 Å². The van der Waals surface area contributed by atoms with E-state index in [0.29, 0.717) is 35.8 Å². The fourth-order valence-electron chi connectivity index (χ4n) is 3.47. The summed E-state index contributed by atoms with van der Waals surface area (Å²) in [6, 6.07) is 20.4. The Balaban J connectivity index is 1.48. The van der Waals surface area contributed by atoms with Crippen molar-refractivity contribution in [3.8, 4) is 11.5 Å². The maximum Gasteiger partial charge on any atom is 0.265 e. The fourth-order valence-corrected chi connectivity index (χ4v) is 3.47. The highest BCUT2D eigenvalue weighted by Crippen LogP contribution is 2.34. The Kier molecular flexibility index (Phi) is 5.89. The molecule has 6 heteroatoms. The van der Waals surface area contributed by atoms with E-state index in [9.17, 15) is 9.59 Å². The van der Waals surface area contributed by atoms with E-state index in [1.54, 1.807) is 29.2 Å². The number of carbonyl (C=O) groups is 2. The van der Waals surface area contributed by atoms with Crippen molar-refractivity contribution >= 4 is 23.2 Å². The second-order valence-electron chi connectivity index (χ2n) is 7.51. The van der Waals surface area contributed by atoms with Crippen molar-refractivity contribution in [2.45, 2.75) is 13.8 Å². The van der Waals surface area contributed by atoms with Gasteiger partial charge in [0.2, 0.25) is 0 Å². The van der Waals surface area contributed by atoms with Gasteiger partial charge in [-0.3, -0.25) is 9.59 Å². The number of hydrogen-bond acceptors (Lipinski definition) is 4. The molecule has 31 heavy (non-hydrogen) atoms. The third-order valence-electron chi connectivity index (χ3n) is 5.01. The number of nitrogens with one attached hydrogen (secondary N) is 1. The van der Waals surface area contributed by atoms with E-state index in [-0.39, 0.29) is 18.4 Å². The molecule has 1 aliphatic heterocycles. The second kappa shape index (κ2) is 8.92. The minimum Gasteiger partial charge on any atom is -0.492 e. The molecule has 0 aliphatic carbocycles. The molecule has 3 aromatic carbocycles. The molecule has 0 saturated carbocycles. The number of rotatable bonds is 6. The Bertz CT molecular complexity index is 1130. The number of nitrogens with zero attached hydrogens (tertiary/aromatic N) is 1. The summed E-state index contributed by atoms with van der Waals surface area (Å²) in [5.41, 5.74) is 3.91. The normalized spacial score (nSPS) is 12.7. The van der Waals surface area contributed by atoms with Crippen molar-refractivity contribution in [3.05, 3.63) is 83.4 Å². The molecule has 1 aliphatic rings. The van der Waals surface area contributed by atoms with E-state index in [1.165, 1.54) is 0 Å². The van der Waals surface area contributed by atoms with Crippen LogP contribution in [0.3, 0.4) is 0 Å². The molecule has 0 atom stereocenters. The monoisotopic (exact) mass is 416 g/mol. The molecule has 0 saturated heterocycles. The molecule has 1 N–H and O–H groups in total. The fraction of sp³-hybridized carbons (Fsp3) is 0.200. The predicted molar refractivity (Wildman–Crippen MR) is 120 cm³/mol. The average Bonchev–Trinajstić information content (AvgIpc) is 2.75. The number of anilines is 2. The largest absolute Gasteiger partial charge is 0.492 e. The molecule has 1 heterocycles. The number of carbonyl (C=O) groups excluding carboxylic acids is 2. The van der Waals surface area contributed by atoms with Crippen molar-refractivity contribution in [1.82, 2.24) is 0 Å². The number of fused-ring (bicyclic) bond motifs is 1. The Labute approximate surface area is 181 Å². The van der Waals surface area contributed by atoms with Crippen LogP contribution in [0, 0.1) is 13.8 Å². The topological polar surface area (TPSA) is 67.9 Å². The summed E-state index contributed by atoms with van der Waals surface area (Å²) in [4.78, 5) is 26.7. The second-order valence-corrected chi connectivity index (χ2v) is 7.51. The summed E-state index contributed by atoms with van der Waals surface area (Å²) in [6.45, 7) is 4.63. The first-order chi connectivity index (χ1) is 15.0. The summed E-state index contributed by atoms with van der Waals surface area (Å²) in [6.07, 6.45) is 0. The molecular weight excluding hydrogens is 392 g/mol. The highest BCUT2D eigenvalue weighted by molar-refractivity contribution is 6.05. The average molecular weight is 416 g/mol. The number of ether oxygens (including phenoxy) is 2. The molecule has 0 fully saturated rings. The summed E-state index contributed by atoms with van der Waals surface area (Å²) >= 11 is 0. The molecule has 0 aromatic heterocycles.